The fourth-order valence-corrected chi connectivity index (χ4v) is 3.33. The van der Waals surface area contributed by atoms with Crippen LogP contribution in [0.2, 0.25) is 5.02 Å². The topological polar surface area (TPSA) is 51.2 Å². The van der Waals surface area contributed by atoms with Crippen LogP contribution in [-0.2, 0) is 17.3 Å². The number of amides is 1. The number of hydrogen-bond donors (Lipinski definition) is 1. The predicted molar refractivity (Wildman–Crippen MR) is 112 cm³/mol. The minimum Gasteiger partial charge on any atom is -0.489 e. The third-order valence-electron chi connectivity index (χ3n) is 3.58. The van der Waals surface area contributed by atoms with Gasteiger partial charge in [0.2, 0.25) is 5.91 Å². The number of aromatic nitrogens is 1. The van der Waals surface area contributed by atoms with Gasteiger partial charge < -0.3 is 4.74 Å². The lowest BCUT2D eigenvalue weighted by Gasteiger charge is -2.07. The Bertz CT molecular complexity index is 939. The van der Waals surface area contributed by atoms with Crippen LogP contribution < -0.4 is 10.1 Å². The summed E-state index contributed by atoms with van der Waals surface area (Å²) in [6, 6.07) is 15.0. The first-order chi connectivity index (χ1) is 13.1. The van der Waals surface area contributed by atoms with Gasteiger partial charge in [0, 0.05) is 22.0 Å². The lowest BCUT2D eigenvalue weighted by atomic mass is 10.2. The number of rotatable bonds is 7. The highest BCUT2D eigenvalue weighted by Crippen LogP contribution is 2.20. The molecule has 0 fully saturated rings. The standard InChI is InChI=1S/C20H16Cl2N2O2S/c21-11-16-13-27-20(23-16)24-19(25)10-7-14-5-8-17(9-6-14)26-12-15-3-1-2-4-18(15)22/h1-10,13H,11-12H2,(H,23,24,25)/b10-7+. The van der Waals surface area contributed by atoms with Crippen LogP contribution in [0.1, 0.15) is 16.8 Å². The third-order valence-corrected chi connectivity index (χ3v) is 5.03. The van der Waals surface area contributed by atoms with Crippen molar-refractivity contribution in [3.05, 3.63) is 81.8 Å². The van der Waals surface area contributed by atoms with Gasteiger partial charge in [-0.3, -0.25) is 10.1 Å². The SMILES string of the molecule is O=C(/C=C/c1ccc(OCc2ccccc2Cl)cc1)Nc1nc(CCl)cs1. The van der Waals surface area contributed by atoms with E-state index in [1.54, 1.807) is 6.08 Å². The summed E-state index contributed by atoms with van der Waals surface area (Å²) in [6.07, 6.45) is 3.19. The first-order valence-corrected chi connectivity index (χ1v) is 9.89. The van der Waals surface area contributed by atoms with Crippen LogP contribution in [0.15, 0.2) is 60.0 Å². The number of carbonyl (C=O) groups excluding carboxylic acids is 1. The summed E-state index contributed by atoms with van der Waals surface area (Å²) in [5.41, 5.74) is 2.56. The van der Waals surface area contributed by atoms with E-state index in [9.17, 15) is 4.79 Å². The molecule has 138 valence electrons. The lowest BCUT2D eigenvalue weighted by molar-refractivity contribution is -0.111. The molecule has 0 aliphatic rings. The maximum Gasteiger partial charge on any atom is 0.250 e. The molecule has 1 heterocycles. The first kappa shape index (κ1) is 19.4. The van der Waals surface area contributed by atoms with Crippen molar-refractivity contribution in [2.75, 3.05) is 5.32 Å². The second-order valence-electron chi connectivity index (χ2n) is 5.55. The molecule has 1 aromatic heterocycles. The Morgan fingerprint density at radius 1 is 1.19 bits per heavy atom. The second kappa shape index (κ2) is 9.55. The monoisotopic (exact) mass is 418 g/mol. The molecule has 0 radical (unpaired) electrons. The maximum atomic E-state index is 11.9. The zero-order valence-electron chi connectivity index (χ0n) is 14.2. The maximum absolute atomic E-state index is 11.9. The molecule has 0 saturated heterocycles. The van der Waals surface area contributed by atoms with Gasteiger partial charge in [-0.2, -0.15) is 0 Å². The summed E-state index contributed by atoms with van der Waals surface area (Å²) in [7, 11) is 0. The van der Waals surface area contributed by atoms with Crippen molar-refractivity contribution in [1.29, 1.82) is 0 Å². The molecule has 0 spiro atoms. The first-order valence-electron chi connectivity index (χ1n) is 8.10. The zero-order chi connectivity index (χ0) is 19.1. The van der Waals surface area contributed by atoms with Crippen molar-refractivity contribution in [3.63, 3.8) is 0 Å². The Kier molecular flexibility index (Phi) is 6.87. The highest BCUT2D eigenvalue weighted by atomic mass is 35.5. The van der Waals surface area contributed by atoms with Crippen LogP contribution in [0.25, 0.3) is 6.08 Å². The van der Waals surface area contributed by atoms with Gasteiger partial charge in [-0.05, 0) is 29.8 Å². The fourth-order valence-electron chi connectivity index (χ4n) is 2.20. The van der Waals surface area contributed by atoms with Gasteiger partial charge in [-0.1, -0.05) is 41.9 Å². The number of hydrogen-bond acceptors (Lipinski definition) is 4. The minimum absolute atomic E-state index is 0.246. The van der Waals surface area contributed by atoms with Gasteiger partial charge in [0.1, 0.15) is 12.4 Å². The van der Waals surface area contributed by atoms with E-state index in [0.717, 1.165) is 22.6 Å². The summed E-state index contributed by atoms with van der Waals surface area (Å²) in [5, 5.41) is 5.73. The molecule has 4 nitrogen and oxygen atoms in total. The Labute approximate surface area is 171 Å². The van der Waals surface area contributed by atoms with E-state index in [0.29, 0.717) is 22.6 Å². The number of halogens is 2. The van der Waals surface area contributed by atoms with Crippen LogP contribution >= 0.6 is 34.5 Å². The number of thiazole rings is 1. The Hall–Kier alpha value is -2.34. The van der Waals surface area contributed by atoms with E-state index >= 15 is 0 Å². The number of ether oxygens (including phenoxy) is 1. The number of nitrogens with zero attached hydrogens (tertiary/aromatic N) is 1. The van der Waals surface area contributed by atoms with E-state index < -0.39 is 0 Å². The average Bonchev–Trinajstić information content (AvgIpc) is 3.14. The van der Waals surface area contributed by atoms with Crippen LogP contribution in [0.5, 0.6) is 5.75 Å². The van der Waals surface area contributed by atoms with E-state index in [1.807, 2.05) is 53.9 Å². The number of nitrogens with one attached hydrogen (secondary N) is 1. The summed E-state index contributed by atoms with van der Waals surface area (Å²) >= 11 is 13.2. The quantitative estimate of drug-likeness (QED) is 0.391. The molecule has 3 rings (SSSR count). The van der Waals surface area contributed by atoms with Crippen LogP contribution in [0.3, 0.4) is 0 Å². The van der Waals surface area contributed by atoms with Gasteiger partial charge in [0.25, 0.3) is 0 Å². The summed E-state index contributed by atoms with van der Waals surface area (Å²) < 4.78 is 5.74. The smallest absolute Gasteiger partial charge is 0.250 e. The molecule has 2 aromatic carbocycles. The summed E-state index contributed by atoms with van der Waals surface area (Å²) in [4.78, 5) is 16.1. The summed E-state index contributed by atoms with van der Waals surface area (Å²) in [6.45, 7) is 0.398. The van der Waals surface area contributed by atoms with Crippen molar-refractivity contribution in [3.8, 4) is 5.75 Å². The van der Waals surface area contributed by atoms with Gasteiger partial charge >= 0.3 is 0 Å². The van der Waals surface area contributed by atoms with Gasteiger partial charge in [-0.25, -0.2) is 4.98 Å². The molecule has 3 aromatic rings. The molecule has 7 heteroatoms. The molecule has 0 unspecified atom stereocenters. The Morgan fingerprint density at radius 3 is 2.67 bits per heavy atom. The second-order valence-corrected chi connectivity index (χ2v) is 7.08. The Balaban J connectivity index is 1.53. The minimum atomic E-state index is -0.246. The molecule has 0 atom stereocenters. The van der Waals surface area contributed by atoms with Crippen molar-refractivity contribution < 1.29 is 9.53 Å². The van der Waals surface area contributed by atoms with Crippen molar-refractivity contribution in [2.45, 2.75) is 12.5 Å². The Morgan fingerprint density at radius 2 is 1.96 bits per heavy atom. The van der Waals surface area contributed by atoms with Gasteiger partial charge in [0.15, 0.2) is 5.13 Å². The number of benzene rings is 2. The van der Waals surface area contributed by atoms with Crippen molar-refractivity contribution in [1.82, 2.24) is 4.98 Å². The van der Waals surface area contributed by atoms with Crippen LogP contribution in [0, 0.1) is 0 Å². The summed E-state index contributed by atoms with van der Waals surface area (Å²) in [5.74, 6) is 0.810. The number of carbonyl (C=O) groups is 1. The lowest BCUT2D eigenvalue weighted by Crippen LogP contribution is -2.07. The predicted octanol–water partition coefficient (Wildman–Crippen LogP) is 5.77. The normalized spacial score (nSPS) is 10.9. The van der Waals surface area contributed by atoms with E-state index in [1.165, 1.54) is 17.4 Å². The molecule has 0 aliphatic carbocycles. The number of anilines is 1. The molecule has 1 N–H and O–H groups in total. The van der Waals surface area contributed by atoms with Crippen molar-refractivity contribution in [2.24, 2.45) is 0 Å². The molecular formula is C20H16Cl2N2O2S. The highest BCUT2D eigenvalue weighted by Gasteiger charge is 2.04. The molecule has 1 amide bonds. The van der Waals surface area contributed by atoms with Gasteiger partial charge in [-0.15, -0.1) is 22.9 Å². The number of alkyl halides is 1. The average molecular weight is 419 g/mol. The van der Waals surface area contributed by atoms with Crippen molar-refractivity contribution >= 4 is 51.7 Å². The molecule has 0 aliphatic heterocycles. The van der Waals surface area contributed by atoms with E-state index in [-0.39, 0.29) is 5.91 Å². The fraction of sp³-hybridized carbons (Fsp3) is 0.100. The van der Waals surface area contributed by atoms with E-state index in [4.69, 9.17) is 27.9 Å². The van der Waals surface area contributed by atoms with Gasteiger partial charge in [0.05, 0.1) is 11.6 Å². The molecular weight excluding hydrogens is 403 g/mol. The molecule has 0 bridgehead atoms. The van der Waals surface area contributed by atoms with Crippen LogP contribution in [-0.4, -0.2) is 10.9 Å². The molecule has 0 saturated carbocycles. The largest absolute Gasteiger partial charge is 0.489 e. The highest BCUT2D eigenvalue weighted by molar-refractivity contribution is 7.14. The third kappa shape index (κ3) is 5.82. The van der Waals surface area contributed by atoms with E-state index in [2.05, 4.69) is 10.3 Å². The molecule has 27 heavy (non-hydrogen) atoms. The van der Waals surface area contributed by atoms with Crippen LogP contribution in [0.4, 0.5) is 5.13 Å². The zero-order valence-corrected chi connectivity index (χ0v) is 16.5.